The van der Waals surface area contributed by atoms with E-state index in [1.807, 2.05) is 78.9 Å². The molecular weight excluding hydrogens is 374 g/mol. The average molecular weight is 399 g/mol. The first-order valence-corrected chi connectivity index (χ1v) is 9.96. The number of aliphatic imine (C=N–C) groups is 1. The van der Waals surface area contributed by atoms with Crippen molar-refractivity contribution in [2.45, 2.75) is 25.7 Å². The predicted octanol–water partition coefficient (Wildman–Crippen LogP) is 4.25. The number of para-hydroxylation sites is 1. The van der Waals surface area contributed by atoms with Crippen LogP contribution in [-0.2, 0) is 22.4 Å². The Balaban J connectivity index is 1.75. The van der Waals surface area contributed by atoms with E-state index in [1.54, 1.807) is 12.1 Å². The van der Waals surface area contributed by atoms with Crippen LogP contribution < -0.4 is 5.73 Å². The molecule has 3 aromatic carbocycles. The van der Waals surface area contributed by atoms with E-state index in [0.717, 1.165) is 16.0 Å². The molecule has 5 heteroatoms. The second-order valence-corrected chi connectivity index (χ2v) is 6.90. The fraction of sp³-hybridized carbons (Fsp3) is 0.160. The van der Waals surface area contributed by atoms with Gasteiger partial charge in [0, 0.05) is 12.8 Å². The van der Waals surface area contributed by atoms with Gasteiger partial charge in [0.25, 0.3) is 0 Å². The molecule has 0 radical (unpaired) electrons. The molecule has 30 heavy (non-hydrogen) atoms. The Morgan fingerprint density at radius 3 is 1.50 bits per heavy atom. The van der Waals surface area contributed by atoms with Crippen LogP contribution in [0.5, 0.6) is 0 Å². The van der Waals surface area contributed by atoms with E-state index >= 15 is 0 Å². The van der Waals surface area contributed by atoms with Crippen LogP contribution in [0.4, 0.5) is 5.69 Å². The molecule has 2 amide bonds. The number of benzene rings is 3. The first-order chi connectivity index (χ1) is 14.6. The zero-order valence-electron chi connectivity index (χ0n) is 16.8. The van der Waals surface area contributed by atoms with Gasteiger partial charge in [0.1, 0.15) is 0 Å². The summed E-state index contributed by atoms with van der Waals surface area (Å²) in [7, 11) is 0. The van der Waals surface area contributed by atoms with Crippen molar-refractivity contribution in [1.29, 1.82) is 0 Å². The third kappa shape index (κ3) is 6.14. The number of nitrogens with zero attached hydrogens (tertiary/aromatic N) is 2. The fourth-order valence-corrected chi connectivity index (χ4v) is 3.09. The molecule has 3 aromatic rings. The number of carbonyl (C=O) groups excluding carboxylic acids is 2. The van der Waals surface area contributed by atoms with Gasteiger partial charge in [0.05, 0.1) is 5.69 Å². The number of rotatable bonds is 7. The average Bonchev–Trinajstić information content (AvgIpc) is 2.78. The first-order valence-electron chi connectivity index (χ1n) is 9.96. The molecule has 0 aliphatic heterocycles. The summed E-state index contributed by atoms with van der Waals surface area (Å²) in [5.41, 5.74) is 8.77. The van der Waals surface area contributed by atoms with Crippen LogP contribution in [0.3, 0.4) is 0 Å². The molecule has 0 fully saturated rings. The van der Waals surface area contributed by atoms with Crippen molar-refractivity contribution < 1.29 is 9.59 Å². The predicted molar refractivity (Wildman–Crippen MR) is 119 cm³/mol. The molecule has 0 bridgehead atoms. The smallest absolute Gasteiger partial charge is 0.236 e. The van der Waals surface area contributed by atoms with Crippen LogP contribution in [-0.4, -0.2) is 22.7 Å². The van der Waals surface area contributed by atoms with Gasteiger partial charge in [-0.2, -0.15) is 0 Å². The lowest BCUT2D eigenvalue weighted by Crippen LogP contribution is -2.46. The summed E-state index contributed by atoms with van der Waals surface area (Å²) < 4.78 is 0. The second kappa shape index (κ2) is 10.7. The molecule has 0 saturated carbocycles. The van der Waals surface area contributed by atoms with Crippen LogP contribution in [0.15, 0.2) is 96.0 Å². The van der Waals surface area contributed by atoms with Crippen LogP contribution in [0.2, 0.25) is 0 Å². The Bertz CT molecular complexity index is 931. The first kappa shape index (κ1) is 21.0. The van der Waals surface area contributed by atoms with E-state index in [9.17, 15) is 9.59 Å². The second-order valence-electron chi connectivity index (χ2n) is 6.90. The van der Waals surface area contributed by atoms with Crippen LogP contribution in [0.1, 0.15) is 24.0 Å². The maximum atomic E-state index is 12.9. The highest BCUT2D eigenvalue weighted by molar-refractivity contribution is 6.12. The molecule has 152 valence electrons. The fourth-order valence-electron chi connectivity index (χ4n) is 3.09. The Hall–Kier alpha value is -3.73. The van der Waals surface area contributed by atoms with E-state index in [1.165, 1.54) is 0 Å². The number of guanidine groups is 1. The van der Waals surface area contributed by atoms with Crippen molar-refractivity contribution >= 4 is 23.5 Å². The van der Waals surface area contributed by atoms with E-state index < -0.39 is 0 Å². The van der Waals surface area contributed by atoms with Gasteiger partial charge >= 0.3 is 0 Å². The van der Waals surface area contributed by atoms with E-state index in [-0.39, 0.29) is 30.6 Å². The van der Waals surface area contributed by atoms with Gasteiger partial charge in [-0.1, -0.05) is 78.9 Å². The van der Waals surface area contributed by atoms with E-state index in [2.05, 4.69) is 4.99 Å². The molecule has 5 nitrogen and oxygen atoms in total. The summed E-state index contributed by atoms with van der Waals surface area (Å²) in [5.74, 6) is -0.805. The molecule has 0 spiro atoms. The third-order valence-electron chi connectivity index (χ3n) is 4.67. The Kier molecular flexibility index (Phi) is 7.50. The largest absolute Gasteiger partial charge is 0.369 e. The number of aryl methyl sites for hydroxylation is 2. The van der Waals surface area contributed by atoms with Gasteiger partial charge in [-0.15, -0.1) is 0 Å². The van der Waals surface area contributed by atoms with Gasteiger partial charge in [-0.3, -0.25) is 9.59 Å². The Morgan fingerprint density at radius 1 is 0.667 bits per heavy atom. The topological polar surface area (TPSA) is 75.8 Å². The van der Waals surface area contributed by atoms with Crippen LogP contribution in [0.25, 0.3) is 0 Å². The number of hydrogen-bond donors (Lipinski definition) is 1. The van der Waals surface area contributed by atoms with Crippen molar-refractivity contribution in [2.24, 2.45) is 10.7 Å². The lowest BCUT2D eigenvalue weighted by atomic mass is 10.1. The molecule has 0 saturated heterocycles. The van der Waals surface area contributed by atoms with E-state index in [4.69, 9.17) is 5.73 Å². The lowest BCUT2D eigenvalue weighted by molar-refractivity contribution is -0.139. The van der Waals surface area contributed by atoms with Crippen molar-refractivity contribution in [3.63, 3.8) is 0 Å². The van der Waals surface area contributed by atoms with Gasteiger partial charge in [0.15, 0.2) is 0 Å². The number of nitrogens with two attached hydrogens (primary N) is 1. The highest BCUT2D eigenvalue weighted by Gasteiger charge is 2.24. The standard InChI is InChI=1S/C25H25N3O2/c26-25(27-22-14-8-3-9-15-22)28(23(29)18-16-20-10-4-1-5-11-20)24(30)19-17-21-12-6-2-7-13-21/h1-15H,16-19H2,(H2,26,27). The summed E-state index contributed by atoms with van der Waals surface area (Å²) in [6, 6.07) is 28.4. The third-order valence-corrected chi connectivity index (χ3v) is 4.67. The molecule has 0 heterocycles. The molecule has 0 aliphatic rings. The monoisotopic (exact) mass is 399 g/mol. The quantitative estimate of drug-likeness (QED) is 0.477. The number of hydrogen-bond acceptors (Lipinski definition) is 3. The molecule has 0 aromatic heterocycles. The summed E-state index contributed by atoms with van der Waals surface area (Å²) in [4.78, 5) is 31.2. The van der Waals surface area contributed by atoms with Gasteiger partial charge in [-0.05, 0) is 36.1 Å². The Labute approximate surface area is 176 Å². The van der Waals surface area contributed by atoms with Crippen molar-refractivity contribution in [3.8, 4) is 0 Å². The summed E-state index contributed by atoms with van der Waals surface area (Å²) in [5, 5.41) is 0. The SMILES string of the molecule is NC(=Nc1ccccc1)N(C(=O)CCc1ccccc1)C(=O)CCc1ccccc1. The summed E-state index contributed by atoms with van der Waals surface area (Å²) in [6.45, 7) is 0. The van der Waals surface area contributed by atoms with E-state index in [0.29, 0.717) is 18.5 Å². The zero-order chi connectivity index (χ0) is 21.2. The minimum absolute atomic E-state index is 0.0997. The number of imide groups is 1. The number of amides is 2. The zero-order valence-corrected chi connectivity index (χ0v) is 16.8. The highest BCUT2D eigenvalue weighted by Crippen LogP contribution is 2.13. The minimum atomic E-state index is -0.353. The van der Waals surface area contributed by atoms with Crippen LogP contribution in [0, 0.1) is 0 Å². The highest BCUT2D eigenvalue weighted by atomic mass is 16.2. The maximum absolute atomic E-state index is 12.9. The Morgan fingerprint density at radius 2 is 1.07 bits per heavy atom. The summed E-state index contributed by atoms with van der Waals surface area (Å²) in [6.07, 6.45) is 1.40. The normalized spacial score (nSPS) is 11.1. The van der Waals surface area contributed by atoms with Crippen molar-refractivity contribution in [2.75, 3.05) is 0 Å². The van der Waals surface area contributed by atoms with Crippen molar-refractivity contribution in [1.82, 2.24) is 4.90 Å². The minimum Gasteiger partial charge on any atom is -0.369 e. The molecule has 3 rings (SSSR count). The molecule has 0 aliphatic carbocycles. The lowest BCUT2D eigenvalue weighted by Gasteiger charge is -2.20. The molecule has 0 atom stereocenters. The number of carbonyl (C=O) groups is 2. The molecule has 0 unspecified atom stereocenters. The van der Waals surface area contributed by atoms with Gasteiger partial charge in [0.2, 0.25) is 17.8 Å². The van der Waals surface area contributed by atoms with Gasteiger partial charge < -0.3 is 5.73 Å². The van der Waals surface area contributed by atoms with Gasteiger partial charge in [-0.25, -0.2) is 9.89 Å². The molecule has 2 N–H and O–H groups in total. The summed E-state index contributed by atoms with van der Waals surface area (Å²) >= 11 is 0. The molecular formula is C25H25N3O2. The van der Waals surface area contributed by atoms with Crippen LogP contribution >= 0.6 is 0 Å². The maximum Gasteiger partial charge on any atom is 0.236 e. The van der Waals surface area contributed by atoms with Crippen molar-refractivity contribution in [3.05, 3.63) is 102 Å².